The molecule has 0 spiro atoms. The predicted octanol–water partition coefficient (Wildman–Crippen LogP) is 1.82. The van der Waals surface area contributed by atoms with E-state index in [9.17, 15) is 4.39 Å². The van der Waals surface area contributed by atoms with E-state index in [1.165, 1.54) is 6.07 Å². The molecule has 0 radical (unpaired) electrons. The molecule has 1 fully saturated rings. The lowest BCUT2D eigenvalue weighted by atomic mass is 10.2. The van der Waals surface area contributed by atoms with E-state index in [0.717, 1.165) is 51.4 Å². The van der Waals surface area contributed by atoms with Gasteiger partial charge < -0.3 is 10.2 Å². The Balaban J connectivity index is 1.78. The molecule has 5 heteroatoms. The molecule has 1 heterocycles. The van der Waals surface area contributed by atoms with Crippen LogP contribution >= 0.6 is 11.6 Å². The van der Waals surface area contributed by atoms with Gasteiger partial charge in [0.15, 0.2) is 0 Å². The van der Waals surface area contributed by atoms with E-state index < -0.39 is 0 Å². The van der Waals surface area contributed by atoms with Gasteiger partial charge in [-0.15, -0.1) is 0 Å². The minimum absolute atomic E-state index is 0.266. The van der Waals surface area contributed by atoms with Crippen molar-refractivity contribution in [1.82, 2.24) is 15.1 Å². The van der Waals surface area contributed by atoms with Crippen LogP contribution < -0.4 is 5.32 Å². The predicted molar refractivity (Wildman–Crippen MR) is 77.1 cm³/mol. The van der Waals surface area contributed by atoms with Crippen LogP contribution in [0.15, 0.2) is 18.2 Å². The second-order valence-corrected chi connectivity index (χ2v) is 5.54. The molecule has 19 heavy (non-hydrogen) atoms. The zero-order valence-electron chi connectivity index (χ0n) is 11.3. The Kier molecular flexibility index (Phi) is 5.58. The first kappa shape index (κ1) is 14.7. The summed E-state index contributed by atoms with van der Waals surface area (Å²) in [6.45, 7) is 7.13. The summed E-state index contributed by atoms with van der Waals surface area (Å²) < 4.78 is 13.2. The minimum atomic E-state index is -0.266. The average Bonchev–Trinajstić information content (AvgIpc) is 2.36. The van der Waals surface area contributed by atoms with Gasteiger partial charge in [0.2, 0.25) is 0 Å². The molecule has 0 amide bonds. The molecular formula is C14H21ClFN3. The Bertz CT molecular complexity index is 387. The zero-order valence-corrected chi connectivity index (χ0v) is 12.1. The van der Waals surface area contributed by atoms with Crippen molar-refractivity contribution < 1.29 is 4.39 Å². The van der Waals surface area contributed by atoms with Crippen molar-refractivity contribution in [2.75, 3.05) is 46.3 Å². The number of benzene rings is 1. The number of nitrogens with zero attached hydrogens (tertiary/aromatic N) is 2. The monoisotopic (exact) mass is 285 g/mol. The highest BCUT2D eigenvalue weighted by atomic mass is 35.5. The van der Waals surface area contributed by atoms with Crippen molar-refractivity contribution >= 4 is 11.6 Å². The number of hydrogen-bond acceptors (Lipinski definition) is 3. The number of piperazine rings is 1. The molecule has 1 aromatic carbocycles. The van der Waals surface area contributed by atoms with E-state index in [2.05, 4.69) is 22.2 Å². The third-order valence-electron chi connectivity index (χ3n) is 3.38. The van der Waals surface area contributed by atoms with Gasteiger partial charge in [-0.1, -0.05) is 11.6 Å². The molecule has 3 nitrogen and oxygen atoms in total. The first-order valence-electron chi connectivity index (χ1n) is 6.70. The maximum Gasteiger partial charge on any atom is 0.125 e. The van der Waals surface area contributed by atoms with Crippen molar-refractivity contribution in [2.24, 2.45) is 0 Å². The minimum Gasteiger partial charge on any atom is -0.314 e. The molecule has 1 saturated heterocycles. The number of nitrogens with one attached hydrogen (secondary N) is 1. The molecule has 2 rings (SSSR count). The van der Waals surface area contributed by atoms with Gasteiger partial charge >= 0.3 is 0 Å². The Hall–Kier alpha value is -0.680. The molecule has 0 aromatic heterocycles. The highest BCUT2D eigenvalue weighted by Gasteiger charge is 2.10. The van der Waals surface area contributed by atoms with Gasteiger partial charge in [0.25, 0.3) is 0 Å². The van der Waals surface area contributed by atoms with Crippen LogP contribution in [0.2, 0.25) is 5.02 Å². The van der Waals surface area contributed by atoms with E-state index in [4.69, 9.17) is 11.6 Å². The average molecular weight is 286 g/mol. The fourth-order valence-corrected chi connectivity index (χ4v) is 2.58. The molecule has 0 bridgehead atoms. The summed E-state index contributed by atoms with van der Waals surface area (Å²) in [5, 5.41) is 3.81. The van der Waals surface area contributed by atoms with Crippen molar-refractivity contribution in [3.05, 3.63) is 34.6 Å². The van der Waals surface area contributed by atoms with Crippen LogP contribution in [0.3, 0.4) is 0 Å². The van der Waals surface area contributed by atoms with Crippen LogP contribution in [-0.4, -0.2) is 56.1 Å². The number of rotatable bonds is 5. The highest BCUT2D eigenvalue weighted by molar-refractivity contribution is 6.30. The summed E-state index contributed by atoms with van der Waals surface area (Å²) in [6, 6.07) is 4.71. The number of likely N-dealkylation sites (N-methyl/N-ethyl adjacent to an activating group) is 1. The van der Waals surface area contributed by atoms with Gasteiger partial charge in [0.1, 0.15) is 5.82 Å². The smallest absolute Gasteiger partial charge is 0.125 e. The maximum atomic E-state index is 13.2. The molecule has 1 N–H and O–H groups in total. The van der Waals surface area contributed by atoms with E-state index in [0.29, 0.717) is 5.02 Å². The Morgan fingerprint density at radius 1 is 1.32 bits per heavy atom. The third-order valence-corrected chi connectivity index (χ3v) is 3.60. The molecule has 1 aliphatic rings. The SMILES string of the molecule is CN(CCN1CCNCC1)Cc1cc(F)cc(Cl)c1. The first-order chi connectivity index (χ1) is 9.13. The van der Waals surface area contributed by atoms with Crippen molar-refractivity contribution in [1.29, 1.82) is 0 Å². The van der Waals surface area contributed by atoms with Crippen molar-refractivity contribution in [3.63, 3.8) is 0 Å². The third kappa shape index (κ3) is 5.07. The van der Waals surface area contributed by atoms with Gasteiger partial charge in [0, 0.05) is 50.8 Å². The fourth-order valence-electron chi connectivity index (χ4n) is 2.34. The van der Waals surface area contributed by atoms with Gasteiger partial charge in [-0.05, 0) is 30.8 Å². The van der Waals surface area contributed by atoms with Crippen molar-refractivity contribution in [3.8, 4) is 0 Å². The van der Waals surface area contributed by atoms with Crippen LogP contribution in [0.25, 0.3) is 0 Å². The van der Waals surface area contributed by atoms with Crippen LogP contribution in [0, 0.1) is 5.82 Å². The lowest BCUT2D eigenvalue weighted by molar-refractivity contribution is 0.202. The van der Waals surface area contributed by atoms with Gasteiger partial charge in [-0.2, -0.15) is 0 Å². The summed E-state index contributed by atoms with van der Waals surface area (Å²) in [6.07, 6.45) is 0. The van der Waals surface area contributed by atoms with Gasteiger partial charge in [-0.3, -0.25) is 4.90 Å². The lowest BCUT2D eigenvalue weighted by Gasteiger charge is -2.29. The summed E-state index contributed by atoms with van der Waals surface area (Å²) in [5.41, 5.74) is 0.924. The number of halogens is 2. The van der Waals surface area contributed by atoms with Crippen LogP contribution in [-0.2, 0) is 6.54 Å². The summed E-state index contributed by atoms with van der Waals surface area (Å²) in [5.74, 6) is -0.266. The molecule has 1 aliphatic heterocycles. The van der Waals surface area contributed by atoms with Gasteiger partial charge in [0.05, 0.1) is 0 Å². The van der Waals surface area contributed by atoms with Crippen LogP contribution in [0.4, 0.5) is 4.39 Å². The standard InChI is InChI=1S/C14H21ClFN3/c1-18(6-7-19-4-2-17-3-5-19)11-12-8-13(15)10-14(16)9-12/h8-10,17H,2-7,11H2,1H3. The lowest BCUT2D eigenvalue weighted by Crippen LogP contribution is -2.45. The number of hydrogen-bond donors (Lipinski definition) is 1. The molecule has 106 valence electrons. The second-order valence-electron chi connectivity index (χ2n) is 5.11. The Labute approximate surface area is 119 Å². The van der Waals surface area contributed by atoms with E-state index >= 15 is 0 Å². The quantitative estimate of drug-likeness (QED) is 0.890. The largest absolute Gasteiger partial charge is 0.314 e. The van der Waals surface area contributed by atoms with Crippen LogP contribution in [0.5, 0.6) is 0 Å². The first-order valence-corrected chi connectivity index (χ1v) is 7.08. The van der Waals surface area contributed by atoms with E-state index in [-0.39, 0.29) is 5.82 Å². The molecule has 0 aliphatic carbocycles. The second kappa shape index (κ2) is 7.20. The zero-order chi connectivity index (χ0) is 13.7. The van der Waals surface area contributed by atoms with E-state index in [1.807, 2.05) is 6.07 Å². The summed E-state index contributed by atoms with van der Waals surface area (Å²) in [7, 11) is 2.06. The fraction of sp³-hybridized carbons (Fsp3) is 0.571. The topological polar surface area (TPSA) is 18.5 Å². The van der Waals surface area contributed by atoms with Crippen LogP contribution in [0.1, 0.15) is 5.56 Å². The molecule has 0 saturated carbocycles. The summed E-state index contributed by atoms with van der Waals surface area (Å²) in [4.78, 5) is 4.65. The molecule has 0 atom stereocenters. The molecular weight excluding hydrogens is 265 g/mol. The molecule has 1 aromatic rings. The maximum absolute atomic E-state index is 13.2. The molecule has 0 unspecified atom stereocenters. The Morgan fingerprint density at radius 2 is 2.05 bits per heavy atom. The highest BCUT2D eigenvalue weighted by Crippen LogP contribution is 2.15. The summed E-state index contributed by atoms with van der Waals surface area (Å²) >= 11 is 5.86. The Morgan fingerprint density at radius 3 is 2.74 bits per heavy atom. The normalized spacial score (nSPS) is 17.1. The van der Waals surface area contributed by atoms with Gasteiger partial charge in [-0.25, -0.2) is 4.39 Å². The van der Waals surface area contributed by atoms with Crippen molar-refractivity contribution in [2.45, 2.75) is 6.54 Å². The van der Waals surface area contributed by atoms with E-state index in [1.54, 1.807) is 6.07 Å².